The smallest absolute Gasteiger partial charge is 0.407 e. The molecule has 9 heteroatoms. The highest BCUT2D eigenvalue weighted by molar-refractivity contribution is 5.84. The van der Waals surface area contributed by atoms with Gasteiger partial charge in [-0.05, 0) is 68.1 Å². The minimum absolute atomic E-state index is 0.102. The van der Waals surface area contributed by atoms with Crippen LogP contribution in [0.4, 0.5) is 4.79 Å². The number of ether oxygens (including phenoxy) is 2. The second-order valence-electron chi connectivity index (χ2n) is 10.8. The van der Waals surface area contributed by atoms with Crippen LogP contribution in [0.3, 0.4) is 0 Å². The van der Waals surface area contributed by atoms with Crippen LogP contribution in [0.25, 0.3) is 0 Å². The number of benzene rings is 3. The summed E-state index contributed by atoms with van der Waals surface area (Å²) in [5, 5.41) is 2.70. The number of rotatable bonds is 12. The Bertz CT molecular complexity index is 1270. The molecular weight excluding hydrogens is 522 g/mol. The summed E-state index contributed by atoms with van der Waals surface area (Å²) < 4.78 is 11.3. The van der Waals surface area contributed by atoms with Crippen molar-refractivity contribution in [3.05, 3.63) is 95.6 Å². The molecule has 0 heterocycles. The molecule has 0 aliphatic rings. The lowest BCUT2D eigenvalue weighted by atomic mass is 9.97. The zero-order chi connectivity index (χ0) is 29.8. The average Bonchev–Trinajstić information content (AvgIpc) is 2.93. The maximum atomic E-state index is 12.8. The van der Waals surface area contributed by atoms with Gasteiger partial charge in [0.25, 0.3) is 0 Å². The molecule has 0 bridgehead atoms. The second-order valence-corrected chi connectivity index (χ2v) is 10.8. The molecule has 3 aromatic carbocycles. The third kappa shape index (κ3) is 11.0. The largest absolute Gasteiger partial charge is 0.457 e. The molecule has 3 aromatic rings. The van der Waals surface area contributed by atoms with Crippen molar-refractivity contribution in [2.75, 3.05) is 20.6 Å². The van der Waals surface area contributed by atoms with Crippen LogP contribution in [0.2, 0.25) is 0 Å². The molecule has 0 aliphatic carbocycles. The topological polar surface area (TPSA) is 106 Å². The van der Waals surface area contributed by atoms with E-state index in [-0.39, 0.29) is 18.4 Å². The molecule has 3 amide bonds. The van der Waals surface area contributed by atoms with Gasteiger partial charge in [-0.15, -0.1) is 0 Å². The first-order valence-electron chi connectivity index (χ1n) is 13.5. The lowest BCUT2D eigenvalue weighted by Gasteiger charge is -2.23. The number of hydrogen-bond acceptors (Lipinski definition) is 6. The highest BCUT2D eigenvalue weighted by Gasteiger charge is 2.24. The predicted molar refractivity (Wildman–Crippen MR) is 156 cm³/mol. The number of carbonyl (C=O) groups excluding carboxylic acids is 3. The van der Waals surface area contributed by atoms with Crippen LogP contribution in [-0.2, 0) is 32.2 Å². The molecule has 218 valence electrons. The first-order valence-corrected chi connectivity index (χ1v) is 13.5. The summed E-state index contributed by atoms with van der Waals surface area (Å²) in [5.74, 6) is 0.347. The van der Waals surface area contributed by atoms with Crippen molar-refractivity contribution in [2.45, 2.75) is 51.7 Å². The zero-order valence-electron chi connectivity index (χ0n) is 24.3. The van der Waals surface area contributed by atoms with Crippen LogP contribution in [0.1, 0.15) is 49.8 Å². The number of carbonyl (C=O) groups is 3. The standard InChI is InChI=1S/C32H39N3O6/c1-32(2,3)41-31(38)33-21-28(30(37)35(4)5)25-14-18-27(19-15-25)40-26-16-11-23(12-17-26)13-20-29(36)34-39-22-24-9-7-6-8-10-24/h6-12,14-19,28H,13,20-22H2,1-5H3,(H,33,38)(H,34,36). The van der Waals surface area contributed by atoms with Gasteiger partial charge in [-0.1, -0.05) is 54.6 Å². The van der Waals surface area contributed by atoms with Crippen LogP contribution >= 0.6 is 0 Å². The molecule has 0 aromatic heterocycles. The first kappa shape index (κ1) is 31.2. The summed E-state index contributed by atoms with van der Waals surface area (Å²) in [4.78, 5) is 43.8. The number of hydrogen-bond donors (Lipinski definition) is 2. The van der Waals surface area contributed by atoms with E-state index in [1.807, 2.05) is 66.7 Å². The van der Waals surface area contributed by atoms with E-state index >= 15 is 0 Å². The maximum Gasteiger partial charge on any atom is 0.407 e. The van der Waals surface area contributed by atoms with Gasteiger partial charge in [-0.2, -0.15) is 0 Å². The summed E-state index contributed by atoms with van der Waals surface area (Å²) in [6.45, 7) is 5.76. The van der Waals surface area contributed by atoms with Crippen LogP contribution in [0.5, 0.6) is 11.5 Å². The predicted octanol–water partition coefficient (Wildman–Crippen LogP) is 5.36. The molecule has 0 saturated carbocycles. The summed E-state index contributed by atoms with van der Waals surface area (Å²) in [6.07, 6.45) is 0.287. The van der Waals surface area contributed by atoms with Crippen LogP contribution in [0.15, 0.2) is 78.9 Å². The number of nitrogens with one attached hydrogen (secondary N) is 2. The van der Waals surface area contributed by atoms with Gasteiger partial charge in [0.2, 0.25) is 11.8 Å². The Morgan fingerprint density at radius 1 is 0.829 bits per heavy atom. The van der Waals surface area contributed by atoms with Crippen LogP contribution < -0.4 is 15.5 Å². The Kier molecular flexibility index (Phi) is 11.3. The molecule has 41 heavy (non-hydrogen) atoms. The Hall–Kier alpha value is -4.37. The molecule has 0 fully saturated rings. The van der Waals surface area contributed by atoms with E-state index in [1.165, 1.54) is 4.90 Å². The van der Waals surface area contributed by atoms with Gasteiger partial charge in [0.15, 0.2) is 0 Å². The molecule has 9 nitrogen and oxygen atoms in total. The minimum Gasteiger partial charge on any atom is -0.457 e. The fourth-order valence-electron chi connectivity index (χ4n) is 3.87. The number of amides is 3. The van der Waals surface area contributed by atoms with Crippen molar-refractivity contribution in [2.24, 2.45) is 0 Å². The Morgan fingerprint density at radius 3 is 2.02 bits per heavy atom. The van der Waals surface area contributed by atoms with E-state index in [4.69, 9.17) is 14.3 Å². The van der Waals surface area contributed by atoms with E-state index in [1.54, 1.807) is 47.0 Å². The van der Waals surface area contributed by atoms with E-state index in [9.17, 15) is 14.4 Å². The molecule has 2 N–H and O–H groups in total. The quantitative estimate of drug-likeness (QED) is 0.289. The van der Waals surface area contributed by atoms with Gasteiger partial charge >= 0.3 is 6.09 Å². The number of alkyl carbamates (subject to hydrolysis) is 1. The normalized spacial score (nSPS) is 11.7. The van der Waals surface area contributed by atoms with E-state index < -0.39 is 17.6 Å². The molecular formula is C32H39N3O6. The van der Waals surface area contributed by atoms with Crippen molar-refractivity contribution < 1.29 is 28.7 Å². The highest BCUT2D eigenvalue weighted by atomic mass is 16.6. The third-order valence-corrected chi connectivity index (χ3v) is 5.94. The Labute approximate surface area is 241 Å². The minimum atomic E-state index is -0.630. The van der Waals surface area contributed by atoms with E-state index in [2.05, 4.69) is 10.8 Å². The summed E-state index contributed by atoms with van der Waals surface area (Å²) >= 11 is 0. The number of aryl methyl sites for hydroxylation is 1. The molecule has 0 radical (unpaired) electrons. The average molecular weight is 562 g/mol. The van der Waals surface area contributed by atoms with Crippen molar-refractivity contribution in [3.8, 4) is 11.5 Å². The Morgan fingerprint density at radius 2 is 1.44 bits per heavy atom. The molecule has 0 aliphatic heterocycles. The van der Waals surface area contributed by atoms with Gasteiger partial charge in [0.05, 0.1) is 12.5 Å². The lowest BCUT2D eigenvalue weighted by Crippen LogP contribution is -2.39. The van der Waals surface area contributed by atoms with Crippen LogP contribution in [0, 0.1) is 0 Å². The molecule has 1 atom stereocenters. The maximum absolute atomic E-state index is 12.8. The fraction of sp³-hybridized carbons (Fsp3) is 0.344. The second kappa shape index (κ2) is 14.9. The van der Waals surface area contributed by atoms with E-state index in [0.717, 1.165) is 16.7 Å². The number of likely N-dealkylation sites (N-methyl/N-ethyl adjacent to an activating group) is 1. The van der Waals surface area contributed by atoms with Gasteiger partial charge in [-0.25, -0.2) is 10.3 Å². The van der Waals surface area contributed by atoms with Gasteiger partial charge in [0, 0.05) is 27.1 Å². The number of nitrogens with zero attached hydrogens (tertiary/aromatic N) is 1. The molecule has 0 saturated heterocycles. The lowest BCUT2D eigenvalue weighted by molar-refractivity contribution is -0.134. The first-order chi connectivity index (χ1) is 19.5. The zero-order valence-corrected chi connectivity index (χ0v) is 24.3. The van der Waals surface area contributed by atoms with Gasteiger partial charge in [-0.3, -0.25) is 14.4 Å². The monoisotopic (exact) mass is 561 g/mol. The molecule has 0 spiro atoms. The van der Waals surface area contributed by atoms with Gasteiger partial charge in [0.1, 0.15) is 17.1 Å². The van der Waals surface area contributed by atoms with Crippen molar-refractivity contribution in [1.29, 1.82) is 0 Å². The third-order valence-electron chi connectivity index (χ3n) is 5.94. The van der Waals surface area contributed by atoms with Crippen molar-refractivity contribution in [1.82, 2.24) is 15.7 Å². The summed E-state index contributed by atoms with van der Waals surface area (Å²) in [7, 11) is 3.35. The summed E-state index contributed by atoms with van der Waals surface area (Å²) in [6, 6.07) is 24.3. The SMILES string of the molecule is CN(C)C(=O)C(CNC(=O)OC(C)(C)C)c1ccc(Oc2ccc(CCC(=O)NOCc3ccccc3)cc2)cc1. The number of hydroxylamine groups is 1. The van der Waals surface area contributed by atoms with Gasteiger partial charge < -0.3 is 19.7 Å². The molecule has 1 unspecified atom stereocenters. The Balaban J connectivity index is 1.50. The van der Waals surface area contributed by atoms with Crippen LogP contribution in [-0.4, -0.2) is 49.0 Å². The highest BCUT2D eigenvalue weighted by Crippen LogP contribution is 2.25. The summed E-state index contributed by atoms with van der Waals surface area (Å²) in [5.41, 5.74) is 4.57. The molecule has 3 rings (SSSR count). The van der Waals surface area contributed by atoms with Crippen molar-refractivity contribution >= 4 is 17.9 Å². The van der Waals surface area contributed by atoms with E-state index in [0.29, 0.717) is 30.9 Å². The fourth-order valence-corrected chi connectivity index (χ4v) is 3.87. The van der Waals surface area contributed by atoms with Crippen molar-refractivity contribution in [3.63, 3.8) is 0 Å².